The van der Waals surface area contributed by atoms with Gasteiger partial charge in [0.2, 0.25) is 0 Å². The second-order valence-electron chi connectivity index (χ2n) is 12.6. The van der Waals surface area contributed by atoms with Gasteiger partial charge in [-0.15, -0.1) is 6.58 Å². The predicted octanol–water partition coefficient (Wildman–Crippen LogP) is 11.4. The predicted molar refractivity (Wildman–Crippen MR) is 211 cm³/mol. The molecule has 2 heterocycles. The first-order valence-electron chi connectivity index (χ1n) is 17.1. The van der Waals surface area contributed by atoms with Crippen molar-refractivity contribution >= 4 is 38.8 Å². The Bertz CT molecular complexity index is 2890. The largest absolute Gasteiger partial charge is 0.309 e. The van der Waals surface area contributed by atoms with Crippen LogP contribution >= 0.6 is 0 Å². The van der Waals surface area contributed by atoms with Gasteiger partial charge in [-0.1, -0.05) is 78.9 Å². The van der Waals surface area contributed by atoms with Gasteiger partial charge in [0.05, 0.1) is 56.8 Å². The zero-order chi connectivity index (χ0) is 35.8. The van der Waals surface area contributed by atoms with E-state index < -0.39 is 0 Å². The first kappa shape index (κ1) is 31.9. The molecule has 5 heteroatoms. The number of para-hydroxylation sites is 3. The number of benzene rings is 6. The molecule has 0 unspecified atom stereocenters. The second-order valence-corrected chi connectivity index (χ2v) is 12.6. The summed E-state index contributed by atoms with van der Waals surface area (Å²) in [6.45, 7) is 6.05. The van der Waals surface area contributed by atoms with Crippen LogP contribution in [-0.2, 0) is 6.42 Å². The van der Waals surface area contributed by atoms with Gasteiger partial charge in [-0.25, -0.2) is 0 Å². The summed E-state index contributed by atoms with van der Waals surface area (Å²) >= 11 is 0. The summed E-state index contributed by atoms with van der Waals surface area (Å²) in [5.74, 6) is 0. The van der Waals surface area contributed by atoms with Crippen LogP contribution in [0.4, 0.5) is 0 Å². The van der Waals surface area contributed by atoms with Crippen LogP contribution in [-0.4, -0.2) is 9.13 Å². The minimum atomic E-state index is 0.539. The fourth-order valence-electron chi connectivity index (χ4n) is 7.57. The topological polar surface area (TPSA) is 81.2 Å². The molecule has 0 amide bonds. The molecule has 0 N–H and O–H groups in total. The Morgan fingerprint density at radius 2 is 1.29 bits per heavy atom. The molecule has 2 aromatic heterocycles. The van der Waals surface area contributed by atoms with Crippen molar-refractivity contribution in [3.05, 3.63) is 174 Å². The highest BCUT2D eigenvalue weighted by Crippen LogP contribution is 2.42. The quantitative estimate of drug-likeness (QED) is 0.159. The summed E-state index contributed by atoms with van der Waals surface area (Å²) in [4.78, 5) is 0. The highest BCUT2D eigenvalue weighted by molar-refractivity contribution is 6.09. The number of aromatic nitrogens is 2. The minimum absolute atomic E-state index is 0.539. The van der Waals surface area contributed by atoms with E-state index in [4.69, 9.17) is 0 Å². The lowest BCUT2D eigenvalue weighted by molar-refractivity contribution is 1.08. The molecule has 0 saturated heterocycles. The fourth-order valence-corrected chi connectivity index (χ4v) is 7.57. The molecule has 0 spiro atoms. The van der Waals surface area contributed by atoms with Crippen LogP contribution in [0.3, 0.4) is 0 Å². The first-order valence-corrected chi connectivity index (χ1v) is 17.1. The molecule has 0 bridgehead atoms. The zero-order valence-corrected chi connectivity index (χ0v) is 28.5. The maximum absolute atomic E-state index is 10.6. The van der Waals surface area contributed by atoms with Crippen LogP contribution < -0.4 is 0 Å². The van der Waals surface area contributed by atoms with Gasteiger partial charge in [0.25, 0.3) is 0 Å². The summed E-state index contributed by atoms with van der Waals surface area (Å²) in [5.41, 5.74) is 12.2. The molecule has 52 heavy (non-hydrogen) atoms. The highest BCUT2D eigenvalue weighted by atomic mass is 15.0. The number of hydrogen-bond acceptors (Lipinski definition) is 3. The standard InChI is InChI=1S/C47H31N5/c1-3-11-37-38-16-5-8-20-45(38)52(43(37)12-4-2)47-34(30-50)14-10-18-40(47)36-23-21-31(28-48)25-41(36)33-13-9-15-35(27-33)51-44-19-7-6-17-39(44)42-26-32(29-49)22-24-46(42)51/h3-10,12-27H,1,11H2,2H3/b12-4-. The molecule has 0 radical (unpaired) electrons. The Hall–Kier alpha value is -7.39. The second kappa shape index (κ2) is 13.1. The number of nitriles is 3. The van der Waals surface area contributed by atoms with E-state index in [1.807, 2.05) is 97.9 Å². The van der Waals surface area contributed by atoms with Crippen LogP contribution in [0.25, 0.3) is 72.4 Å². The van der Waals surface area contributed by atoms with E-state index in [9.17, 15) is 15.8 Å². The SMILES string of the molecule is C=CCc1c(/C=C\C)n(-c2c(C#N)cccc2-c2ccc(C#N)cc2-c2cccc(-n3c4ccccc4c4cc(C#N)ccc43)c2)c2ccccc12. The summed E-state index contributed by atoms with van der Waals surface area (Å²) < 4.78 is 4.43. The number of rotatable bonds is 7. The van der Waals surface area contributed by atoms with E-state index in [0.717, 1.165) is 77.6 Å². The van der Waals surface area contributed by atoms with Gasteiger partial charge in [0.1, 0.15) is 6.07 Å². The highest BCUT2D eigenvalue weighted by Gasteiger charge is 2.23. The van der Waals surface area contributed by atoms with E-state index >= 15 is 0 Å². The van der Waals surface area contributed by atoms with Gasteiger partial charge >= 0.3 is 0 Å². The van der Waals surface area contributed by atoms with Crippen LogP contribution in [0.1, 0.15) is 34.9 Å². The average Bonchev–Trinajstić information content (AvgIpc) is 3.69. The summed E-state index contributed by atoms with van der Waals surface area (Å²) in [6.07, 6.45) is 6.72. The van der Waals surface area contributed by atoms with Gasteiger partial charge in [-0.05, 0) is 102 Å². The number of fused-ring (bicyclic) bond motifs is 4. The maximum Gasteiger partial charge on any atom is 0.101 e. The molecule has 5 nitrogen and oxygen atoms in total. The molecule has 0 fully saturated rings. The molecule has 0 aliphatic rings. The van der Waals surface area contributed by atoms with Crippen molar-refractivity contribution in [2.75, 3.05) is 0 Å². The Balaban J connectivity index is 1.41. The molecule has 8 aromatic rings. The van der Waals surface area contributed by atoms with Crippen molar-refractivity contribution in [1.29, 1.82) is 15.8 Å². The number of hydrogen-bond donors (Lipinski definition) is 0. The fraction of sp³-hybridized carbons (Fsp3) is 0.0426. The molecular formula is C47H31N5. The Labute approximate surface area is 302 Å². The maximum atomic E-state index is 10.6. The zero-order valence-electron chi connectivity index (χ0n) is 28.5. The van der Waals surface area contributed by atoms with Gasteiger partial charge in [-0.2, -0.15) is 15.8 Å². The molecule has 0 aliphatic heterocycles. The Morgan fingerprint density at radius 3 is 2.04 bits per heavy atom. The molecule has 8 rings (SSSR count). The molecule has 0 saturated carbocycles. The van der Waals surface area contributed by atoms with E-state index in [2.05, 4.69) is 88.5 Å². The minimum Gasteiger partial charge on any atom is -0.309 e. The van der Waals surface area contributed by atoms with Crippen molar-refractivity contribution in [1.82, 2.24) is 9.13 Å². The monoisotopic (exact) mass is 665 g/mol. The summed E-state index contributed by atoms with van der Waals surface area (Å²) in [5, 5.41) is 33.5. The smallest absolute Gasteiger partial charge is 0.101 e. The van der Waals surface area contributed by atoms with Gasteiger partial charge < -0.3 is 9.13 Å². The van der Waals surface area contributed by atoms with Crippen molar-refractivity contribution in [2.24, 2.45) is 0 Å². The molecule has 0 atom stereocenters. The normalized spacial score (nSPS) is 11.2. The summed E-state index contributed by atoms with van der Waals surface area (Å²) in [7, 11) is 0. The Kier molecular flexibility index (Phi) is 8.05. The number of nitrogens with zero attached hydrogens (tertiary/aromatic N) is 5. The van der Waals surface area contributed by atoms with Crippen LogP contribution in [0.2, 0.25) is 0 Å². The van der Waals surface area contributed by atoms with Crippen molar-refractivity contribution in [3.8, 4) is 51.8 Å². The third-order valence-electron chi connectivity index (χ3n) is 9.73. The lowest BCUT2D eigenvalue weighted by Crippen LogP contribution is -2.04. The van der Waals surface area contributed by atoms with Crippen molar-refractivity contribution < 1.29 is 0 Å². The molecule has 0 aliphatic carbocycles. The van der Waals surface area contributed by atoms with Crippen molar-refractivity contribution in [3.63, 3.8) is 0 Å². The van der Waals surface area contributed by atoms with Gasteiger partial charge in [-0.3, -0.25) is 0 Å². The van der Waals surface area contributed by atoms with Crippen molar-refractivity contribution in [2.45, 2.75) is 13.3 Å². The molecule has 6 aromatic carbocycles. The Morgan fingerprint density at radius 1 is 0.596 bits per heavy atom. The van der Waals surface area contributed by atoms with Gasteiger partial charge in [0.15, 0.2) is 0 Å². The summed E-state index contributed by atoms with van der Waals surface area (Å²) in [6, 6.07) is 49.4. The third-order valence-corrected chi connectivity index (χ3v) is 9.73. The van der Waals surface area contributed by atoms with Crippen LogP contribution in [0.5, 0.6) is 0 Å². The van der Waals surface area contributed by atoms with Crippen LogP contribution in [0.15, 0.2) is 146 Å². The lowest BCUT2D eigenvalue weighted by atomic mass is 9.90. The van der Waals surface area contributed by atoms with E-state index in [1.165, 1.54) is 0 Å². The third kappa shape index (κ3) is 5.07. The van der Waals surface area contributed by atoms with Crippen LogP contribution in [0, 0.1) is 34.0 Å². The first-order chi connectivity index (χ1) is 25.6. The van der Waals surface area contributed by atoms with E-state index in [-0.39, 0.29) is 0 Å². The van der Waals surface area contributed by atoms with E-state index in [1.54, 1.807) is 0 Å². The average molecular weight is 666 g/mol. The lowest BCUT2D eigenvalue weighted by Gasteiger charge is -2.19. The molecule has 244 valence electrons. The number of allylic oxidation sites excluding steroid dienone is 2. The molecular weight excluding hydrogens is 635 g/mol. The van der Waals surface area contributed by atoms with E-state index in [0.29, 0.717) is 23.1 Å². The van der Waals surface area contributed by atoms with Gasteiger partial charge in [0, 0.05) is 27.4 Å².